The van der Waals surface area contributed by atoms with Gasteiger partial charge in [-0.15, -0.1) is 0 Å². The third-order valence-electron chi connectivity index (χ3n) is 3.34. The van der Waals surface area contributed by atoms with Crippen LogP contribution in [-0.2, 0) is 9.59 Å². The summed E-state index contributed by atoms with van der Waals surface area (Å²) in [5.41, 5.74) is 0.205. The van der Waals surface area contributed by atoms with Gasteiger partial charge in [-0.1, -0.05) is 27.7 Å². The van der Waals surface area contributed by atoms with Gasteiger partial charge in [0, 0.05) is 13.0 Å². The molecule has 1 N–H and O–H groups in total. The number of carbonyl (C=O) groups is 2. The number of nitrogens with zero attached hydrogens (tertiary/aromatic N) is 1. The molecule has 0 bridgehead atoms. The number of hydrogen-bond donors (Lipinski definition) is 1. The van der Waals surface area contributed by atoms with Gasteiger partial charge in [-0.05, 0) is 30.6 Å². The van der Waals surface area contributed by atoms with E-state index < -0.39 is 12.0 Å². The van der Waals surface area contributed by atoms with E-state index in [0.29, 0.717) is 25.3 Å². The van der Waals surface area contributed by atoms with Crippen LogP contribution in [0.1, 0.15) is 53.4 Å². The maximum atomic E-state index is 12.1. The van der Waals surface area contributed by atoms with Crippen LogP contribution in [0, 0.1) is 11.3 Å². The first kappa shape index (κ1) is 15.0. The van der Waals surface area contributed by atoms with Gasteiger partial charge in [-0.2, -0.15) is 0 Å². The fourth-order valence-electron chi connectivity index (χ4n) is 2.85. The molecule has 1 unspecified atom stereocenters. The molecule has 0 aliphatic carbocycles. The summed E-state index contributed by atoms with van der Waals surface area (Å²) in [6.45, 7) is 9.13. The van der Waals surface area contributed by atoms with Crippen LogP contribution in [0.3, 0.4) is 0 Å². The third-order valence-corrected chi connectivity index (χ3v) is 3.34. The second kappa shape index (κ2) is 5.72. The summed E-state index contributed by atoms with van der Waals surface area (Å²) in [7, 11) is 0. The fourth-order valence-corrected chi connectivity index (χ4v) is 2.85. The smallest absolute Gasteiger partial charge is 0.326 e. The van der Waals surface area contributed by atoms with Gasteiger partial charge >= 0.3 is 5.97 Å². The molecule has 0 radical (unpaired) electrons. The molecule has 0 aromatic rings. The van der Waals surface area contributed by atoms with Crippen molar-refractivity contribution in [1.82, 2.24) is 4.90 Å². The van der Waals surface area contributed by atoms with Crippen LogP contribution >= 0.6 is 0 Å². The van der Waals surface area contributed by atoms with Crippen LogP contribution in [0.5, 0.6) is 0 Å². The molecule has 104 valence electrons. The molecule has 4 heteroatoms. The molecular formula is C14H25NO3. The number of hydrogen-bond acceptors (Lipinski definition) is 2. The van der Waals surface area contributed by atoms with E-state index in [2.05, 4.69) is 27.7 Å². The standard InChI is InChI=1S/C14H25NO3/c1-10(9-14(2,3)4)8-12(16)15-7-5-6-11(15)13(17)18/h10-11H,5-9H2,1-4H3,(H,17,18)/t10?,11-/m0/s1. The molecule has 1 aliphatic rings. The third kappa shape index (κ3) is 4.31. The van der Waals surface area contributed by atoms with Gasteiger partial charge in [0.2, 0.25) is 5.91 Å². The predicted octanol–water partition coefficient (Wildman–Crippen LogP) is 2.52. The largest absolute Gasteiger partial charge is 0.480 e. The number of rotatable bonds is 4. The second-order valence-electron chi connectivity index (χ2n) is 6.66. The molecular weight excluding hydrogens is 230 g/mol. The zero-order valence-corrected chi connectivity index (χ0v) is 11.9. The number of likely N-dealkylation sites (tertiary alicyclic amines) is 1. The number of carbonyl (C=O) groups excluding carboxylic acids is 1. The second-order valence-corrected chi connectivity index (χ2v) is 6.66. The molecule has 2 atom stereocenters. The molecule has 0 aromatic heterocycles. The summed E-state index contributed by atoms with van der Waals surface area (Å²) in [4.78, 5) is 24.7. The van der Waals surface area contributed by atoms with Crippen LogP contribution in [0.2, 0.25) is 0 Å². The Morgan fingerprint density at radius 2 is 2.00 bits per heavy atom. The lowest BCUT2D eigenvalue weighted by Crippen LogP contribution is -2.41. The minimum absolute atomic E-state index is 0.00310. The van der Waals surface area contributed by atoms with E-state index in [1.54, 1.807) is 4.90 Å². The monoisotopic (exact) mass is 255 g/mol. The van der Waals surface area contributed by atoms with Gasteiger partial charge in [0.05, 0.1) is 0 Å². The number of aliphatic carboxylic acids is 1. The van der Waals surface area contributed by atoms with Crippen molar-refractivity contribution in [2.24, 2.45) is 11.3 Å². The lowest BCUT2D eigenvalue weighted by molar-refractivity contribution is -0.148. The molecule has 0 aromatic carbocycles. The quantitative estimate of drug-likeness (QED) is 0.839. The van der Waals surface area contributed by atoms with Crippen molar-refractivity contribution in [2.75, 3.05) is 6.54 Å². The highest BCUT2D eigenvalue weighted by molar-refractivity contribution is 5.84. The summed E-state index contributed by atoms with van der Waals surface area (Å²) in [6, 6.07) is -0.598. The highest BCUT2D eigenvalue weighted by Crippen LogP contribution is 2.27. The van der Waals surface area contributed by atoms with Crippen LogP contribution in [0.4, 0.5) is 0 Å². The van der Waals surface area contributed by atoms with E-state index in [-0.39, 0.29) is 11.3 Å². The van der Waals surface area contributed by atoms with E-state index in [1.165, 1.54) is 0 Å². The minimum Gasteiger partial charge on any atom is -0.480 e. The molecule has 1 amide bonds. The molecule has 18 heavy (non-hydrogen) atoms. The Labute approximate surface area is 109 Å². The Bertz CT molecular complexity index is 319. The number of carboxylic acids is 1. The summed E-state index contributed by atoms with van der Waals surface area (Å²) in [5.74, 6) is -0.575. The van der Waals surface area contributed by atoms with Crippen molar-refractivity contribution in [3.05, 3.63) is 0 Å². The average Bonchev–Trinajstić information content (AvgIpc) is 2.61. The summed E-state index contributed by atoms with van der Waals surface area (Å²) in [6.07, 6.45) is 2.83. The molecule has 1 aliphatic heterocycles. The maximum absolute atomic E-state index is 12.1. The summed E-state index contributed by atoms with van der Waals surface area (Å²) < 4.78 is 0. The minimum atomic E-state index is -0.871. The van der Waals surface area contributed by atoms with Crippen molar-refractivity contribution >= 4 is 11.9 Å². The molecule has 1 fully saturated rings. The van der Waals surface area contributed by atoms with Crippen molar-refractivity contribution < 1.29 is 14.7 Å². The lowest BCUT2D eigenvalue weighted by atomic mass is 9.84. The van der Waals surface area contributed by atoms with Crippen molar-refractivity contribution in [1.29, 1.82) is 0 Å². The number of carboxylic acid groups (broad SMARTS) is 1. The van der Waals surface area contributed by atoms with E-state index in [0.717, 1.165) is 12.8 Å². The van der Waals surface area contributed by atoms with Gasteiger partial charge < -0.3 is 10.0 Å². The van der Waals surface area contributed by atoms with E-state index in [9.17, 15) is 9.59 Å². The van der Waals surface area contributed by atoms with Gasteiger partial charge in [0.15, 0.2) is 0 Å². The van der Waals surface area contributed by atoms with E-state index in [1.807, 2.05) is 0 Å². The summed E-state index contributed by atoms with van der Waals surface area (Å²) in [5, 5.41) is 9.06. The van der Waals surface area contributed by atoms with Crippen LogP contribution in [0.25, 0.3) is 0 Å². The van der Waals surface area contributed by atoms with Crippen molar-refractivity contribution in [3.8, 4) is 0 Å². The first-order valence-corrected chi connectivity index (χ1v) is 6.73. The lowest BCUT2D eigenvalue weighted by Gasteiger charge is -2.26. The molecule has 1 saturated heterocycles. The Morgan fingerprint density at radius 3 is 2.50 bits per heavy atom. The van der Waals surface area contributed by atoms with Crippen LogP contribution in [0.15, 0.2) is 0 Å². The van der Waals surface area contributed by atoms with Gasteiger partial charge in [-0.25, -0.2) is 4.79 Å². The first-order valence-electron chi connectivity index (χ1n) is 6.73. The van der Waals surface area contributed by atoms with Crippen molar-refractivity contribution in [3.63, 3.8) is 0 Å². The summed E-state index contributed by atoms with van der Waals surface area (Å²) >= 11 is 0. The van der Waals surface area contributed by atoms with Crippen molar-refractivity contribution in [2.45, 2.75) is 59.4 Å². The Kier molecular flexibility index (Phi) is 4.77. The number of amides is 1. The maximum Gasteiger partial charge on any atom is 0.326 e. The van der Waals surface area contributed by atoms with E-state index >= 15 is 0 Å². The zero-order chi connectivity index (χ0) is 13.9. The first-order chi connectivity index (χ1) is 8.20. The van der Waals surface area contributed by atoms with Crippen LogP contribution < -0.4 is 0 Å². The molecule has 4 nitrogen and oxygen atoms in total. The topological polar surface area (TPSA) is 57.6 Å². The normalized spacial score (nSPS) is 22.0. The molecule has 1 heterocycles. The predicted molar refractivity (Wildman–Crippen MR) is 70.2 cm³/mol. The Hall–Kier alpha value is -1.06. The van der Waals surface area contributed by atoms with Gasteiger partial charge in [0.1, 0.15) is 6.04 Å². The molecule has 1 rings (SSSR count). The highest BCUT2D eigenvalue weighted by Gasteiger charge is 2.34. The van der Waals surface area contributed by atoms with Gasteiger partial charge in [-0.3, -0.25) is 4.79 Å². The average molecular weight is 255 g/mol. The Morgan fingerprint density at radius 1 is 1.39 bits per heavy atom. The van der Waals surface area contributed by atoms with Crippen LogP contribution in [-0.4, -0.2) is 34.5 Å². The molecule has 0 saturated carbocycles. The Balaban J connectivity index is 2.52. The zero-order valence-electron chi connectivity index (χ0n) is 11.9. The fraction of sp³-hybridized carbons (Fsp3) is 0.857. The SMILES string of the molecule is CC(CC(=O)N1CCC[C@H]1C(=O)O)CC(C)(C)C. The highest BCUT2D eigenvalue weighted by atomic mass is 16.4. The van der Waals surface area contributed by atoms with Gasteiger partial charge in [0.25, 0.3) is 0 Å². The van der Waals surface area contributed by atoms with E-state index in [4.69, 9.17) is 5.11 Å². The molecule has 0 spiro atoms.